The standard InChI is InChI=1S/C31H37FN2O4/c1-4-23(2)33-31(36)29(21-24-11-6-5-7-12-24)34(22-25-13-8-9-14-28(25)32)30(35)15-10-20-38-27-18-16-26(37-3)17-19-27/h5-9,11-14,16-19,23,29H,4,10,15,20-22H2,1-3H3,(H,33,36). The predicted octanol–water partition coefficient (Wildman–Crippen LogP) is 5.55. The van der Waals surface area contributed by atoms with Gasteiger partial charge in [-0.1, -0.05) is 55.5 Å². The molecule has 0 aliphatic carbocycles. The minimum Gasteiger partial charge on any atom is -0.497 e. The van der Waals surface area contributed by atoms with Crippen LogP contribution in [0.5, 0.6) is 11.5 Å². The zero-order valence-electron chi connectivity index (χ0n) is 22.4. The molecule has 3 aromatic carbocycles. The molecule has 0 aliphatic heterocycles. The van der Waals surface area contributed by atoms with Crippen LogP contribution < -0.4 is 14.8 Å². The summed E-state index contributed by atoms with van der Waals surface area (Å²) in [6.07, 6.45) is 1.69. The lowest BCUT2D eigenvalue weighted by Crippen LogP contribution is -2.52. The first-order valence-electron chi connectivity index (χ1n) is 13.0. The van der Waals surface area contributed by atoms with E-state index in [1.54, 1.807) is 49.6 Å². The second-order valence-electron chi connectivity index (χ2n) is 9.26. The van der Waals surface area contributed by atoms with Crippen LogP contribution in [0.25, 0.3) is 0 Å². The average molecular weight is 521 g/mol. The van der Waals surface area contributed by atoms with Crippen LogP contribution in [-0.4, -0.2) is 42.5 Å². The summed E-state index contributed by atoms with van der Waals surface area (Å²) < 4.78 is 25.6. The van der Waals surface area contributed by atoms with Gasteiger partial charge >= 0.3 is 0 Å². The summed E-state index contributed by atoms with van der Waals surface area (Å²) in [7, 11) is 1.60. The Morgan fingerprint density at radius 2 is 1.61 bits per heavy atom. The van der Waals surface area contributed by atoms with E-state index in [9.17, 15) is 14.0 Å². The minimum atomic E-state index is -0.791. The third kappa shape index (κ3) is 8.61. The fraction of sp³-hybridized carbons (Fsp3) is 0.355. The molecule has 3 aromatic rings. The van der Waals surface area contributed by atoms with Crippen LogP contribution in [0, 0.1) is 5.82 Å². The van der Waals surface area contributed by atoms with Crippen LogP contribution in [0.4, 0.5) is 4.39 Å². The van der Waals surface area contributed by atoms with Crippen LogP contribution >= 0.6 is 0 Å². The molecular formula is C31H37FN2O4. The fourth-order valence-corrected chi connectivity index (χ4v) is 4.03. The molecule has 0 bridgehead atoms. The van der Waals surface area contributed by atoms with E-state index in [2.05, 4.69) is 5.32 Å². The molecule has 38 heavy (non-hydrogen) atoms. The summed E-state index contributed by atoms with van der Waals surface area (Å²) >= 11 is 0. The Morgan fingerprint density at radius 3 is 2.26 bits per heavy atom. The summed E-state index contributed by atoms with van der Waals surface area (Å²) in [4.78, 5) is 28.6. The molecule has 6 nitrogen and oxygen atoms in total. The van der Waals surface area contributed by atoms with Crippen LogP contribution in [0.15, 0.2) is 78.9 Å². The highest BCUT2D eigenvalue weighted by atomic mass is 19.1. The Hall–Kier alpha value is -3.87. The van der Waals surface area contributed by atoms with Crippen molar-refractivity contribution >= 4 is 11.8 Å². The smallest absolute Gasteiger partial charge is 0.243 e. The van der Waals surface area contributed by atoms with Gasteiger partial charge in [-0.15, -0.1) is 0 Å². The molecule has 0 fully saturated rings. The van der Waals surface area contributed by atoms with Gasteiger partial charge < -0.3 is 19.7 Å². The molecule has 0 saturated carbocycles. The first-order chi connectivity index (χ1) is 18.4. The third-order valence-electron chi connectivity index (χ3n) is 6.43. The molecule has 0 spiro atoms. The van der Waals surface area contributed by atoms with Gasteiger partial charge in [0.05, 0.1) is 13.7 Å². The van der Waals surface area contributed by atoms with Crippen molar-refractivity contribution in [2.45, 2.75) is 58.2 Å². The maximum absolute atomic E-state index is 14.7. The van der Waals surface area contributed by atoms with Gasteiger partial charge in [0, 0.05) is 31.0 Å². The number of ether oxygens (including phenoxy) is 2. The molecule has 0 saturated heterocycles. The van der Waals surface area contributed by atoms with E-state index in [4.69, 9.17) is 9.47 Å². The van der Waals surface area contributed by atoms with E-state index in [-0.39, 0.29) is 30.8 Å². The van der Waals surface area contributed by atoms with Gasteiger partial charge in [-0.05, 0) is 55.7 Å². The SMILES string of the molecule is CCC(C)NC(=O)C(Cc1ccccc1)N(Cc1ccccc1F)C(=O)CCCOc1ccc(OC)cc1. The maximum atomic E-state index is 14.7. The summed E-state index contributed by atoms with van der Waals surface area (Å²) in [6.45, 7) is 4.24. The Balaban J connectivity index is 1.78. The maximum Gasteiger partial charge on any atom is 0.243 e. The van der Waals surface area contributed by atoms with Crippen molar-refractivity contribution in [2.24, 2.45) is 0 Å². The predicted molar refractivity (Wildman–Crippen MR) is 147 cm³/mol. The number of nitrogens with one attached hydrogen (secondary N) is 1. The molecule has 0 radical (unpaired) electrons. The highest BCUT2D eigenvalue weighted by molar-refractivity contribution is 5.88. The number of methoxy groups -OCH3 is 1. The number of benzene rings is 3. The quantitative estimate of drug-likeness (QED) is 0.283. The first kappa shape index (κ1) is 28.7. The molecule has 202 valence electrons. The molecule has 7 heteroatoms. The summed E-state index contributed by atoms with van der Waals surface area (Å²) in [6, 6.07) is 22.3. The molecule has 3 rings (SSSR count). The number of hydrogen-bond donors (Lipinski definition) is 1. The molecule has 0 aromatic heterocycles. The Labute approximate surface area is 224 Å². The van der Waals surface area contributed by atoms with Crippen molar-refractivity contribution in [1.82, 2.24) is 10.2 Å². The molecule has 0 aliphatic rings. The van der Waals surface area contributed by atoms with E-state index >= 15 is 0 Å². The lowest BCUT2D eigenvalue weighted by molar-refractivity contribution is -0.141. The lowest BCUT2D eigenvalue weighted by atomic mass is 10.0. The highest BCUT2D eigenvalue weighted by Gasteiger charge is 2.31. The number of halogens is 1. The van der Waals surface area contributed by atoms with Crippen molar-refractivity contribution < 1.29 is 23.5 Å². The average Bonchev–Trinajstić information content (AvgIpc) is 2.94. The number of carbonyl (C=O) groups excluding carboxylic acids is 2. The van der Waals surface area contributed by atoms with Gasteiger partial charge in [0.1, 0.15) is 23.4 Å². The van der Waals surface area contributed by atoms with Crippen LogP contribution in [0.2, 0.25) is 0 Å². The minimum absolute atomic E-state index is 0.00370. The Bertz CT molecular complexity index is 1150. The highest BCUT2D eigenvalue weighted by Crippen LogP contribution is 2.20. The second-order valence-corrected chi connectivity index (χ2v) is 9.26. The molecule has 1 N–H and O–H groups in total. The third-order valence-corrected chi connectivity index (χ3v) is 6.43. The molecule has 2 atom stereocenters. The number of amides is 2. The van der Waals surface area contributed by atoms with E-state index in [1.807, 2.05) is 44.2 Å². The van der Waals surface area contributed by atoms with Gasteiger partial charge in [0.2, 0.25) is 11.8 Å². The van der Waals surface area contributed by atoms with Gasteiger partial charge in [0.15, 0.2) is 0 Å². The molecule has 0 heterocycles. The molecule has 2 amide bonds. The summed E-state index contributed by atoms with van der Waals surface area (Å²) in [5.74, 6) is 0.524. The van der Waals surface area contributed by atoms with Gasteiger partial charge in [-0.2, -0.15) is 0 Å². The lowest BCUT2D eigenvalue weighted by Gasteiger charge is -2.32. The zero-order valence-corrected chi connectivity index (χ0v) is 22.4. The molecular weight excluding hydrogens is 483 g/mol. The van der Waals surface area contributed by atoms with Crippen molar-refractivity contribution in [3.05, 3.63) is 95.8 Å². The van der Waals surface area contributed by atoms with E-state index < -0.39 is 11.9 Å². The summed E-state index contributed by atoms with van der Waals surface area (Å²) in [5, 5.41) is 3.02. The monoisotopic (exact) mass is 520 g/mol. The van der Waals surface area contributed by atoms with Crippen LogP contribution in [0.1, 0.15) is 44.2 Å². The van der Waals surface area contributed by atoms with E-state index in [0.717, 1.165) is 17.7 Å². The van der Waals surface area contributed by atoms with E-state index in [0.29, 0.717) is 30.8 Å². The van der Waals surface area contributed by atoms with Crippen molar-refractivity contribution in [3.8, 4) is 11.5 Å². The molecule has 2 unspecified atom stereocenters. The van der Waals surface area contributed by atoms with Crippen LogP contribution in [-0.2, 0) is 22.6 Å². The topological polar surface area (TPSA) is 67.9 Å². The zero-order chi connectivity index (χ0) is 27.3. The summed E-state index contributed by atoms with van der Waals surface area (Å²) in [5.41, 5.74) is 1.29. The number of nitrogens with zero attached hydrogens (tertiary/aromatic N) is 1. The van der Waals surface area contributed by atoms with Gasteiger partial charge in [-0.25, -0.2) is 4.39 Å². The number of rotatable bonds is 14. The van der Waals surface area contributed by atoms with Crippen molar-refractivity contribution in [1.29, 1.82) is 0 Å². The Morgan fingerprint density at radius 1 is 0.947 bits per heavy atom. The Kier molecular flexibility index (Phi) is 11.1. The van der Waals surface area contributed by atoms with E-state index in [1.165, 1.54) is 11.0 Å². The fourth-order valence-electron chi connectivity index (χ4n) is 4.03. The second kappa shape index (κ2) is 14.8. The van der Waals surface area contributed by atoms with Crippen molar-refractivity contribution in [2.75, 3.05) is 13.7 Å². The first-order valence-corrected chi connectivity index (χ1v) is 13.0. The largest absolute Gasteiger partial charge is 0.497 e. The van der Waals surface area contributed by atoms with Crippen molar-refractivity contribution in [3.63, 3.8) is 0 Å². The number of carbonyl (C=O) groups is 2. The number of hydrogen-bond acceptors (Lipinski definition) is 4. The van der Waals surface area contributed by atoms with Gasteiger partial charge in [-0.3, -0.25) is 9.59 Å². The van der Waals surface area contributed by atoms with Crippen LogP contribution in [0.3, 0.4) is 0 Å². The normalized spacial score (nSPS) is 12.3. The van der Waals surface area contributed by atoms with Gasteiger partial charge in [0.25, 0.3) is 0 Å².